The Bertz CT molecular complexity index is 1270. The molecule has 0 unspecified atom stereocenters. The van der Waals surface area contributed by atoms with Crippen LogP contribution < -0.4 is 16.9 Å². The fourth-order valence-electron chi connectivity index (χ4n) is 2.49. The molecule has 0 fully saturated rings. The Morgan fingerprint density at radius 3 is 2.39 bits per heavy atom. The van der Waals surface area contributed by atoms with Gasteiger partial charge in [-0.15, -0.1) is 0 Å². The molecule has 0 aliphatic heterocycles. The van der Waals surface area contributed by atoms with Crippen molar-refractivity contribution in [1.29, 1.82) is 0 Å². The van der Waals surface area contributed by atoms with E-state index in [9.17, 15) is 26.4 Å². The highest BCUT2D eigenvalue weighted by Gasteiger charge is 2.24. The van der Waals surface area contributed by atoms with E-state index in [4.69, 9.17) is 20.4 Å². The maximum atomic E-state index is 14.7. The van der Waals surface area contributed by atoms with Gasteiger partial charge in [0.25, 0.3) is 0 Å². The summed E-state index contributed by atoms with van der Waals surface area (Å²) in [7, 11) is -5.01. The van der Waals surface area contributed by atoms with Gasteiger partial charge in [0.15, 0.2) is 22.6 Å². The first-order chi connectivity index (χ1) is 13.0. The topological polar surface area (TPSA) is 146 Å². The van der Waals surface area contributed by atoms with E-state index in [0.29, 0.717) is 0 Å². The number of nitrogens with two attached hydrogens (primary N) is 2. The monoisotopic (exact) mass is 416 g/mol. The average Bonchev–Trinajstić information content (AvgIpc) is 2.60. The molecule has 3 aromatic rings. The van der Waals surface area contributed by atoms with Crippen LogP contribution in [-0.4, -0.2) is 13.0 Å². The molecule has 5 N–H and O–H groups in total. The third-order valence-corrected chi connectivity index (χ3v) is 4.24. The molecule has 0 aliphatic carbocycles. The number of anilines is 2. The number of fused-ring (bicyclic) bond motifs is 1. The predicted octanol–water partition coefficient (Wildman–Crippen LogP) is 2.36. The highest BCUT2D eigenvalue weighted by molar-refractivity contribution is 7.80. The van der Waals surface area contributed by atoms with Gasteiger partial charge in [0, 0.05) is 11.6 Å². The first-order valence-corrected chi connectivity index (χ1v) is 8.76. The van der Waals surface area contributed by atoms with Crippen molar-refractivity contribution in [2.24, 2.45) is 0 Å². The summed E-state index contributed by atoms with van der Waals surface area (Å²) in [5.41, 5.74) is 7.21. The first-order valence-electron chi connectivity index (χ1n) is 7.40. The van der Waals surface area contributed by atoms with Gasteiger partial charge >= 0.3 is 10.4 Å². The minimum atomic E-state index is -5.01. The molecule has 0 saturated heterocycles. The van der Waals surface area contributed by atoms with E-state index < -0.39 is 62.1 Å². The van der Waals surface area contributed by atoms with Crippen LogP contribution in [0.3, 0.4) is 0 Å². The molecular weight excluding hydrogens is 405 g/mol. The lowest BCUT2D eigenvalue weighted by atomic mass is 10.1. The highest BCUT2D eigenvalue weighted by Crippen LogP contribution is 2.32. The van der Waals surface area contributed by atoms with Crippen LogP contribution in [-0.2, 0) is 21.2 Å². The molecule has 0 saturated carbocycles. The minimum Gasteiger partial charge on any atom is -0.453 e. The Hall–Kier alpha value is -3.09. The average molecular weight is 416 g/mol. The zero-order valence-electron chi connectivity index (χ0n) is 13.7. The minimum absolute atomic E-state index is 0.0312. The van der Waals surface area contributed by atoms with Gasteiger partial charge in [0.05, 0.1) is 28.9 Å². The number of hydrogen-bond acceptors (Lipinski definition) is 7. The van der Waals surface area contributed by atoms with E-state index in [2.05, 4.69) is 4.18 Å². The van der Waals surface area contributed by atoms with E-state index in [1.54, 1.807) is 0 Å². The smallest absolute Gasteiger partial charge is 0.397 e. The molecule has 0 radical (unpaired) electrons. The van der Waals surface area contributed by atoms with Gasteiger partial charge in [0.2, 0.25) is 0 Å². The Balaban J connectivity index is 2.27. The second kappa shape index (κ2) is 6.82. The number of nitrogen functional groups attached to an aromatic ring is 2. The molecule has 0 spiro atoms. The second-order valence-electron chi connectivity index (χ2n) is 5.63. The summed E-state index contributed by atoms with van der Waals surface area (Å²) < 4.78 is 81.8. The highest BCUT2D eigenvalue weighted by atomic mass is 32.3. The number of hydrogen-bond donors (Lipinski definition) is 3. The summed E-state index contributed by atoms with van der Waals surface area (Å²) in [6, 6.07) is 4.29. The molecule has 8 nitrogen and oxygen atoms in total. The van der Waals surface area contributed by atoms with Gasteiger partial charge in [0.1, 0.15) is 11.6 Å². The molecule has 1 aromatic heterocycles. The van der Waals surface area contributed by atoms with Crippen LogP contribution in [0.25, 0.3) is 22.3 Å². The number of halogens is 3. The van der Waals surface area contributed by atoms with Crippen molar-refractivity contribution in [3.8, 4) is 11.3 Å². The van der Waals surface area contributed by atoms with Crippen LogP contribution in [0, 0.1) is 17.5 Å². The predicted molar refractivity (Wildman–Crippen MR) is 93.0 cm³/mol. The van der Waals surface area contributed by atoms with E-state index in [0.717, 1.165) is 12.1 Å². The van der Waals surface area contributed by atoms with Crippen molar-refractivity contribution >= 4 is 32.7 Å². The Labute approximate surface area is 155 Å². The van der Waals surface area contributed by atoms with Gasteiger partial charge in [-0.1, -0.05) is 0 Å². The van der Waals surface area contributed by atoms with E-state index in [1.807, 2.05) is 0 Å². The number of benzene rings is 2. The normalized spacial score (nSPS) is 11.9. The summed E-state index contributed by atoms with van der Waals surface area (Å²) in [5.74, 6) is -4.02. The Morgan fingerprint density at radius 1 is 1.11 bits per heavy atom. The van der Waals surface area contributed by atoms with Crippen molar-refractivity contribution in [1.82, 2.24) is 0 Å². The van der Waals surface area contributed by atoms with Gasteiger partial charge in [-0.3, -0.25) is 9.35 Å². The summed E-state index contributed by atoms with van der Waals surface area (Å²) in [6.07, 6.45) is 0. The van der Waals surface area contributed by atoms with Gasteiger partial charge in [-0.2, -0.15) is 8.42 Å². The largest absolute Gasteiger partial charge is 0.453 e. The summed E-state index contributed by atoms with van der Waals surface area (Å²) in [6.45, 7) is -1.25. The first kappa shape index (κ1) is 19.7. The lowest BCUT2D eigenvalue weighted by Gasteiger charge is -2.11. The van der Waals surface area contributed by atoms with Gasteiger partial charge in [-0.25, -0.2) is 17.4 Å². The van der Waals surface area contributed by atoms with E-state index >= 15 is 0 Å². The standard InChI is InChI=1S/C16H11F3N2O6S/c17-8-3-6(1-2-9(8)20)11-4-10(22)12-15(21)13(18)7(5-26-28(23,24)25)14(19)16(12)27-11/h1-4H,5,20-21H2,(H,23,24,25). The zero-order chi connectivity index (χ0) is 20.8. The molecule has 28 heavy (non-hydrogen) atoms. The summed E-state index contributed by atoms with van der Waals surface area (Å²) in [4.78, 5) is 12.3. The third-order valence-electron chi connectivity index (χ3n) is 3.82. The summed E-state index contributed by atoms with van der Waals surface area (Å²) >= 11 is 0. The molecule has 0 aliphatic rings. The van der Waals surface area contributed by atoms with Crippen LogP contribution in [0.2, 0.25) is 0 Å². The summed E-state index contributed by atoms with van der Waals surface area (Å²) in [5, 5.41) is -0.634. The van der Waals surface area contributed by atoms with E-state index in [-0.39, 0.29) is 17.0 Å². The fraction of sp³-hybridized carbons (Fsp3) is 0.0625. The van der Waals surface area contributed by atoms with Crippen molar-refractivity contribution in [3.05, 3.63) is 57.5 Å². The SMILES string of the molecule is Nc1ccc(-c2cc(=O)c3c(N)c(F)c(COS(=O)(=O)O)c(F)c3o2)cc1F. The second-order valence-corrected chi connectivity index (χ2v) is 6.72. The Kier molecular flexibility index (Phi) is 4.79. The fourth-order valence-corrected chi connectivity index (χ4v) is 2.76. The number of rotatable bonds is 4. The molecule has 0 amide bonds. The maximum absolute atomic E-state index is 14.7. The van der Waals surface area contributed by atoms with Crippen LogP contribution in [0.15, 0.2) is 33.5 Å². The van der Waals surface area contributed by atoms with Crippen LogP contribution in [0.4, 0.5) is 24.5 Å². The molecule has 0 bridgehead atoms. The molecule has 2 aromatic carbocycles. The zero-order valence-corrected chi connectivity index (χ0v) is 14.5. The van der Waals surface area contributed by atoms with Crippen LogP contribution >= 0.6 is 0 Å². The molecule has 3 rings (SSSR count). The third kappa shape index (κ3) is 3.52. The molecule has 0 atom stereocenters. The van der Waals surface area contributed by atoms with Crippen molar-refractivity contribution in [2.45, 2.75) is 6.61 Å². The lowest BCUT2D eigenvalue weighted by Crippen LogP contribution is -2.12. The van der Waals surface area contributed by atoms with Gasteiger partial charge < -0.3 is 15.9 Å². The molecular formula is C16H11F3N2O6S. The van der Waals surface area contributed by atoms with Crippen LogP contribution in [0.1, 0.15) is 5.56 Å². The van der Waals surface area contributed by atoms with Crippen molar-refractivity contribution in [3.63, 3.8) is 0 Å². The quantitative estimate of drug-likeness (QED) is 0.434. The Morgan fingerprint density at radius 2 is 1.79 bits per heavy atom. The molecule has 148 valence electrons. The lowest BCUT2D eigenvalue weighted by molar-refractivity contribution is 0.252. The van der Waals surface area contributed by atoms with E-state index in [1.165, 1.54) is 12.1 Å². The van der Waals surface area contributed by atoms with Crippen LogP contribution in [0.5, 0.6) is 0 Å². The molecule has 1 heterocycles. The molecule has 12 heteroatoms. The maximum Gasteiger partial charge on any atom is 0.397 e. The van der Waals surface area contributed by atoms with Crippen molar-refractivity contribution < 1.29 is 34.7 Å². The van der Waals surface area contributed by atoms with Crippen molar-refractivity contribution in [2.75, 3.05) is 11.5 Å². The van der Waals surface area contributed by atoms with Gasteiger partial charge in [-0.05, 0) is 18.2 Å².